The topological polar surface area (TPSA) is 109 Å². The van der Waals surface area contributed by atoms with Gasteiger partial charge >= 0.3 is 6.03 Å². The molecule has 8 nitrogen and oxygen atoms in total. The lowest BCUT2D eigenvalue weighted by atomic mass is 10.1. The normalized spacial score (nSPS) is 10.6. The lowest BCUT2D eigenvalue weighted by molar-refractivity contribution is -0.121. The lowest BCUT2D eigenvalue weighted by Crippen LogP contribution is -2.47. The van der Waals surface area contributed by atoms with Crippen LogP contribution in [0.15, 0.2) is 28.8 Å². The van der Waals surface area contributed by atoms with Crippen molar-refractivity contribution in [1.29, 1.82) is 0 Å². The minimum absolute atomic E-state index is 0.0283. The van der Waals surface area contributed by atoms with E-state index in [1.54, 1.807) is 0 Å². The van der Waals surface area contributed by atoms with Crippen LogP contribution < -0.4 is 16.2 Å². The highest BCUT2D eigenvalue weighted by molar-refractivity contribution is 5.82. The van der Waals surface area contributed by atoms with E-state index in [0.717, 1.165) is 0 Å². The summed E-state index contributed by atoms with van der Waals surface area (Å²) in [5.41, 5.74) is 5.14. The molecule has 0 atom stereocenters. The first-order valence-corrected chi connectivity index (χ1v) is 7.83. The first-order valence-electron chi connectivity index (χ1n) is 7.83. The molecular weight excluding hydrogens is 329 g/mol. The molecule has 0 radical (unpaired) electrons. The van der Waals surface area contributed by atoms with Crippen LogP contribution in [0.1, 0.15) is 37.0 Å². The van der Waals surface area contributed by atoms with Gasteiger partial charge in [-0.05, 0) is 17.7 Å². The Kier molecular flexibility index (Phi) is 6.44. The van der Waals surface area contributed by atoms with Crippen molar-refractivity contribution >= 4 is 11.9 Å². The predicted octanol–water partition coefficient (Wildman–Crippen LogP) is 1.45. The molecule has 0 spiro atoms. The van der Waals surface area contributed by atoms with Crippen molar-refractivity contribution in [3.05, 3.63) is 47.4 Å². The van der Waals surface area contributed by atoms with Gasteiger partial charge in [0.2, 0.25) is 11.8 Å². The summed E-state index contributed by atoms with van der Waals surface area (Å²) in [4.78, 5) is 27.5. The maximum absolute atomic E-state index is 12.8. The van der Waals surface area contributed by atoms with Gasteiger partial charge in [-0.3, -0.25) is 10.2 Å². The Balaban J connectivity index is 1.64. The summed E-state index contributed by atoms with van der Waals surface area (Å²) in [6.07, 6.45) is 0.414. The van der Waals surface area contributed by atoms with E-state index in [-0.39, 0.29) is 24.7 Å². The van der Waals surface area contributed by atoms with Crippen LogP contribution in [-0.4, -0.2) is 28.6 Å². The summed E-state index contributed by atoms with van der Waals surface area (Å²) in [6.45, 7) is 4.18. The standard InChI is InChI=1S/C16H20FN5O3/c1-10(2)15-19-14(25-22-15)7-8-18-16(24)21-20-13(23)9-11-3-5-12(17)6-4-11/h3-6,10H,7-9H2,1-2H3,(H,20,23)(H2,18,21,24). The fraction of sp³-hybridized carbons (Fsp3) is 0.375. The quantitative estimate of drug-likeness (QED) is 0.684. The Morgan fingerprint density at radius 2 is 1.92 bits per heavy atom. The number of amides is 3. The highest BCUT2D eigenvalue weighted by atomic mass is 19.1. The van der Waals surface area contributed by atoms with E-state index >= 15 is 0 Å². The van der Waals surface area contributed by atoms with Crippen LogP contribution in [0.4, 0.5) is 9.18 Å². The van der Waals surface area contributed by atoms with Crippen LogP contribution in [0, 0.1) is 5.82 Å². The van der Waals surface area contributed by atoms with E-state index in [1.165, 1.54) is 24.3 Å². The molecule has 0 aliphatic carbocycles. The number of nitrogens with zero attached hydrogens (tertiary/aromatic N) is 2. The van der Waals surface area contributed by atoms with Gasteiger partial charge in [-0.15, -0.1) is 0 Å². The van der Waals surface area contributed by atoms with Crippen LogP contribution in [0.25, 0.3) is 0 Å². The van der Waals surface area contributed by atoms with Gasteiger partial charge in [0.1, 0.15) is 5.82 Å². The third-order valence-electron chi connectivity index (χ3n) is 3.22. The number of halogens is 1. The minimum atomic E-state index is -0.559. The number of hydrazine groups is 1. The van der Waals surface area contributed by atoms with Gasteiger partial charge in [0.15, 0.2) is 5.82 Å². The van der Waals surface area contributed by atoms with Crippen LogP contribution in [0.3, 0.4) is 0 Å². The maximum Gasteiger partial charge on any atom is 0.333 e. The molecule has 0 unspecified atom stereocenters. The second kappa shape index (κ2) is 8.76. The fourth-order valence-electron chi connectivity index (χ4n) is 1.89. The van der Waals surface area contributed by atoms with E-state index < -0.39 is 11.9 Å². The number of carbonyl (C=O) groups is 2. The molecule has 134 valence electrons. The molecule has 0 aliphatic heterocycles. The molecule has 1 aromatic heterocycles. The first kappa shape index (κ1) is 18.4. The van der Waals surface area contributed by atoms with Crippen molar-refractivity contribution in [1.82, 2.24) is 26.3 Å². The van der Waals surface area contributed by atoms with E-state index in [0.29, 0.717) is 23.7 Å². The second-order valence-corrected chi connectivity index (χ2v) is 5.68. The van der Waals surface area contributed by atoms with Crippen molar-refractivity contribution in [2.75, 3.05) is 6.54 Å². The Morgan fingerprint density at radius 1 is 1.20 bits per heavy atom. The Labute approximate surface area is 144 Å². The number of rotatable bonds is 6. The molecule has 0 saturated carbocycles. The van der Waals surface area contributed by atoms with Gasteiger partial charge < -0.3 is 9.84 Å². The van der Waals surface area contributed by atoms with E-state index in [9.17, 15) is 14.0 Å². The largest absolute Gasteiger partial charge is 0.339 e. The molecule has 9 heteroatoms. The molecule has 0 saturated heterocycles. The molecule has 3 amide bonds. The highest BCUT2D eigenvalue weighted by Crippen LogP contribution is 2.09. The first-order chi connectivity index (χ1) is 11.9. The van der Waals surface area contributed by atoms with E-state index in [4.69, 9.17) is 4.52 Å². The third kappa shape index (κ3) is 6.21. The molecule has 0 bridgehead atoms. The smallest absolute Gasteiger partial charge is 0.333 e. The zero-order valence-electron chi connectivity index (χ0n) is 14.0. The Morgan fingerprint density at radius 3 is 2.56 bits per heavy atom. The lowest BCUT2D eigenvalue weighted by Gasteiger charge is -2.08. The molecular formula is C16H20FN5O3. The average Bonchev–Trinajstić information content (AvgIpc) is 3.04. The zero-order valence-corrected chi connectivity index (χ0v) is 14.0. The van der Waals surface area contributed by atoms with Gasteiger partial charge in [0.25, 0.3) is 0 Å². The van der Waals surface area contributed by atoms with Crippen molar-refractivity contribution in [3.8, 4) is 0 Å². The minimum Gasteiger partial charge on any atom is -0.339 e. The second-order valence-electron chi connectivity index (χ2n) is 5.68. The number of hydrogen-bond acceptors (Lipinski definition) is 5. The molecule has 0 fully saturated rings. The maximum atomic E-state index is 12.8. The van der Waals surface area contributed by atoms with E-state index in [1.807, 2.05) is 13.8 Å². The number of hydrogen-bond donors (Lipinski definition) is 3. The fourth-order valence-corrected chi connectivity index (χ4v) is 1.89. The molecule has 1 heterocycles. The zero-order chi connectivity index (χ0) is 18.2. The average molecular weight is 349 g/mol. The van der Waals surface area contributed by atoms with Crippen LogP contribution >= 0.6 is 0 Å². The van der Waals surface area contributed by atoms with Gasteiger partial charge in [-0.25, -0.2) is 14.6 Å². The van der Waals surface area contributed by atoms with Crippen LogP contribution in [0.2, 0.25) is 0 Å². The molecule has 2 rings (SSSR count). The number of benzene rings is 1. The summed E-state index contributed by atoms with van der Waals surface area (Å²) in [7, 11) is 0. The molecule has 1 aromatic carbocycles. The highest BCUT2D eigenvalue weighted by Gasteiger charge is 2.10. The van der Waals surface area contributed by atoms with Gasteiger partial charge in [-0.2, -0.15) is 4.98 Å². The van der Waals surface area contributed by atoms with E-state index in [2.05, 4.69) is 26.3 Å². The van der Waals surface area contributed by atoms with Crippen molar-refractivity contribution in [2.24, 2.45) is 0 Å². The molecule has 25 heavy (non-hydrogen) atoms. The SMILES string of the molecule is CC(C)c1noc(CCNC(=O)NNC(=O)Cc2ccc(F)cc2)n1. The van der Waals surface area contributed by atoms with Gasteiger partial charge in [0.05, 0.1) is 6.42 Å². The summed E-state index contributed by atoms with van der Waals surface area (Å²) >= 11 is 0. The Bertz CT molecular complexity index is 715. The molecule has 2 aromatic rings. The number of nitrogens with one attached hydrogen (secondary N) is 3. The monoisotopic (exact) mass is 349 g/mol. The summed E-state index contributed by atoms with van der Waals surface area (Å²) in [6, 6.07) is 4.99. The van der Waals surface area contributed by atoms with Crippen LogP contribution in [0.5, 0.6) is 0 Å². The summed E-state index contributed by atoms with van der Waals surface area (Å²) < 4.78 is 17.8. The van der Waals surface area contributed by atoms with Crippen molar-refractivity contribution in [3.63, 3.8) is 0 Å². The molecule has 3 N–H and O–H groups in total. The van der Waals surface area contributed by atoms with Gasteiger partial charge in [-0.1, -0.05) is 31.1 Å². The van der Waals surface area contributed by atoms with Crippen LogP contribution in [-0.2, 0) is 17.6 Å². The number of carbonyl (C=O) groups excluding carboxylic acids is 2. The number of aromatic nitrogens is 2. The predicted molar refractivity (Wildman–Crippen MR) is 86.9 cm³/mol. The van der Waals surface area contributed by atoms with Crippen molar-refractivity contribution in [2.45, 2.75) is 32.6 Å². The Hall–Kier alpha value is -2.97. The summed E-state index contributed by atoms with van der Waals surface area (Å²) in [5.74, 6) is 0.436. The molecule has 0 aliphatic rings. The van der Waals surface area contributed by atoms with Gasteiger partial charge in [0, 0.05) is 18.9 Å². The third-order valence-corrected chi connectivity index (χ3v) is 3.22. The summed E-state index contributed by atoms with van der Waals surface area (Å²) in [5, 5.41) is 6.38. The number of urea groups is 1. The van der Waals surface area contributed by atoms with Crippen molar-refractivity contribution < 1.29 is 18.5 Å².